The number of amides is 1. The van der Waals surface area contributed by atoms with Gasteiger partial charge in [0.15, 0.2) is 5.76 Å². The first-order valence-electron chi connectivity index (χ1n) is 6.01. The Bertz CT molecular complexity index is 572. The van der Waals surface area contributed by atoms with Crippen LogP contribution >= 0.6 is 12.4 Å². The summed E-state index contributed by atoms with van der Waals surface area (Å²) in [5.41, 5.74) is 0. The number of carbonyl (C=O) groups excluding carboxylic acids is 1. The van der Waals surface area contributed by atoms with Crippen molar-refractivity contribution in [1.29, 1.82) is 0 Å². The summed E-state index contributed by atoms with van der Waals surface area (Å²) in [6, 6.07) is 2.73. The van der Waals surface area contributed by atoms with Crippen LogP contribution in [0.15, 0.2) is 21.6 Å². The van der Waals surface area contributed by atoms with Gasteiger partial charge in [-0.1, -0.05) is 0 Å². The van der Waals surface area contributed by atoms with Crippen LogP contribution in [0.2, 0.25) is 0 Å². The maximum absolute atomic E-state index is 12.2. The molecule has 20 heavy (non-hydrogen) atoms. The van der Waals surface area contributed by atoms with Crippen LogP contribution in [-0.4, -0.2) is 51.9 Å². The van der Waals surface area contributed by atoms with Gasteiger partial charge in [-0.2, -0.15) is 0 Å². The van der Waals surface area contributed by atoms with Crippen molar-refractivity contribution in [1.82, 2.24) is 14.9 Å². The molecule has 1 aliphatic heterocycles. The molecule has 1 amide bonds. The highest BCUT2D eigenvalue weighted by Crippen LogP contribution is 2.17. The number of nitrogens with zero attached hydrogens (tertiary/aromatic N) is 1. The van der Waals surface area contributed by atoms with Crippen molar-refractivity contribution >= 4 is 28.3 Å². The Labute approximate surface area is 124 Å². The molecule has 1 aliphatic rings. The first-order valence-corrected chi connectivity index (χ1v) is 7.49. The van der Waals surface area contributed by atoms with E-state index in [2.05, 4.69) is 10.0 Å². The van der Waals surface area contributed by atoms with Gasteiger partial charge >= 0.3 is 0 Å². The van der Waals surface area contributed by atoms with E-state index in [1.165, 1.54) is 19.2 Å². The van der Waals surface area contributed by atoms with Crippen LogP contribution in [0.25, 0.3) is 0 Å². The normalized spacial score (nSPS) is 19.5. The number of nitrogens with one attached hydrogen (secondary N) is 2. The van der Waals surface area contributed by atoms with Gasteiger partial charge in [0.05, 0.1) is 0 Å². The number of carbonyl (C=O) groups is 1. The van der Waals surface area contributed by atoms with E-state index >= 15 is 0 Å². The molecule has 0 spiro atoms. The molecule has 0 bridgehead atoms. The highest BCUT2D eigenvalue weighted by Gasteiger charge is 2.27. The Kier molecular flexibility index (Phi) is 5.58. The summed E-state index contributed by atoms with van der Waals surface area (Å²) in [5.74, 6) is -0.242. The topological polar surface area (TPSA) is 91.7 Å². The van der Waals surface area contributed by atoms with Crippen LogP contribution < -0.4 is 10.0 Å². The number of rotatable bonds is 3. The van der Waals surface area contributed by atoms with Crippen molar-refractivity contribution in [2.75, 3.05) is 26.7 Å². The van der Waals surface area contributed by atoms with E-state index in [0.29, 0.717) is 13.1 Å². The number of furan rings is 1. The SMILES string of the molecule is CNS(=O)(=O)c1ccc(C(=O)N2CCNC[C@H]2C)o1.Cl. The molecular formula is C11H18ClN3O4S. The van der Waals surface area contributed by atoms with Crippen molar-refractivity contribution in [2.24, 2.45) is 0 Å². The van der Waals surface area contributed by atoms with Gasteiger partial charge in [-0.15, -0.1) is 12.4 Å². The smallest absolute Gasteiger partial charge is 0.289 e. The minimum atomic E-state index is -3.65. The zero-order valence-corrected chi connectivity index (χ0v) is 12.9. The molecule has 2 heterocycles. The summed E-state index contributed by atoms with van der Waals surface area (Å²) in [6.07, 6.45) is 0. The largest absolute Gasteiger partial charge is 0.438 e. The second-order valence-electron chi connectivity index (χ2n) is 4.38. The van der Waals surface area contributed by atoms with Crippen LogP contribution in [-0.2, 0) is 10.0 Å². The monoisotopic (exact) mass is 323 g/mol. The summed E-state index contributed by atoms with van der Waals surface area (Å²) >= 11 is 0. The molecule has 9 heteroatoms. The van der Waals surface area contributed by atoms with Crippen molar-refractivity contribution in [2.45, 2.75) is 18.1 Å². The molecule has 1 fully saturated rings. The maximum Gasteiger partial charge on any atom is 0.289 e. The molecule has 2 rings (SSSR count). The fourth-order valence-electron chi connectivity index (χ4n) is 1.96. The molecule has 7 nitrogen and oxygen atoms in total. The lowest BCUT2D eigenvalue weighted by Crippen LogP contribution is -2.52. The number of hydrogen-bond acceptors (Lipinski definition) is 5. The molecule has 0 aromatic carbocycles. The Balaban J connectivity index is 0.00000200. The third-order valence-electron chi connectivity index (χ3n) is 3.09. The Morgan fingerprint density at radius 2 is 2.20 bits per heavy atom. The van der Waals surface area contributed by atoms with E-state index in [9.17, 15) is 13.2 Å². The molecule has 1 atom stereocenters. The van der Waals surface area contributed by atoms with Crippen molar-refractivity contribution in [3.05, 3.63) is 17.9 Å². The van der Waals surface area contributed by atoms with Gasteiger partial charge in [-0.25, -0.2) is 13.1 Å². The molecule has 0 radical (unpaired) electrons. The predicted octanol–water partition coefficient (Wildman–Crippen LogP) is 0.0434. The summed E-state index contributed by atoms with van der Waals surface area (Å²) < 4.78 is 30.4. The zero-order valence-electron chi connectivity index (χ0n) is 11.3. The van der Waals surface area contributed by atoms with Crippen LogP contribution in [0.1, 0.15) is 17.5 Å². The van der Waals surface area contributed by atoms with Gasteiger partial charge in [0.2, 0.25) is 5.09 Å². The average molecular weight is 324 g/mol. The third kappa shape index (κ3) is 3.32. The van der Waals surface area contributed by atoms with E-state index in [1.54, 1.807) is 4.90 Å². The van der Waals surface area contributed by atoms with Gasteiger partial charge in [-0.3, -0.25) is 4.79 Å². The molecule has 0 unspecified atom stereocenters. The van der Waals surface area contributed by atoms with Gasteiger partial charge in [0, 0.05) is 25.7 Å². The summed E-state index contributed by atoms with van der Waals surface area (Å²) in [5, 5.41) is 2.93. The minimum Gasteiger partial charge on any atom is -0.438 e. The zero-order chi connectivity index (χ0) is 14.0. The third-order valence-corrected chi connectivity index (χ3v) is 4.37. The fourth-order valence-corrected chi connectivity index (χ4v) is 2.61. The van der Waals surface area contributed by atoms with Crippen LogP contribution in [0.3, 0.4) is 0 Å². The standard InChI is InChI=1S/C11H17N3O4S.ClH/c1-8-7-13-5-6-14(8)11(15)9-3-4-10(18-9)19(16,17)12-2;/h3-4,8,12-13H,5-7H2,1-2H3;1H/t8-;/m1./s1. The Morgan fingerprint density at radius 1 is 1.50 bits per heavy atom. The van der Waals surface area contributed by atoms with Gasteiger partial charge < -0.3 is 14.6 Å². The average Bonchev–Trinajstić information content (AvgIpc) is 2.89. The van der Waals surface area contributed by atoms with Gasteiger partial charge in [-0.05, 0) is 26.1 Å². The van der Waals surface area contributed by atoms with E-state index in [0.717, 1.165) is 6.54 Å². The molecular weight excluding hydrogens is 306 g/mol. The van der Waals surface area contributed by atoms with Crippen molar-refractivity contribution in [3.63, 3.8) is 0 Å². The molecule has 1 aromatic rings. The molecule has 0 aliphatic carbocycles. The van der Waals surface area contributed by atoms with E-state index in [-0.39, 0.29) is 35.2 Å². The molecule has 1 aromatic heterocycles. The number of hydrogen-bond donors (Lipinski definition) is 2. The van der Waals surface area contributed by atoms with E-state index in [4.69, 9.17) is 4.42 Å². The minimum absolute atomic E-state index is 0. The Morgan fingerprint density at radius 3 is 2.80 bits per heavy atom. The molecule has 0 saturated carbocycles. The predicted molar refractivity (Wildman–Crippen MR) is 75.6 cm³/mol. The van der Waals surface area contributed by atoms with E-state index < -0.39 is 10.0 Å². The van der Waals surface area contributed by atoms with Crippen LogP contribution in [0.4, 0.5) is 0 Å². The van der Waals surface area contributed by atoms with Gasteiger partial charge in [0.25, 0.3) is 15.9 Å². The highest BCUT2D eigenvalue weighted by molar-refractivity contribution is 7.89. The van der Waals surface area contributed by atoms with Gasteiger partial charge in [0.1, 0.15) is 0 Å². The summed E-state index contributed by atoms with van der Waals surface area (Å²) in [4.78, 5) is 13.9. The molecule has 114 valence electrons. The molecule has 1 saturated heterocycles. The molecule has 2 N–H and O–H groups in total. The number of sulfonamides is 1. The first kappa shape index (κ1) is 17.0. The van der Waals surface area contributed by atoms with Crippen LogP contribution in [0, 0.1) is 0 Å². The Hall–Kier alpha value is -1.09. The lowest BCUT2D eigenvalue weighted by Gasteiger charge is -2.33. The summed E-state index contributed by atoms with van der Waals surface area (Å²) in [7, 11) is -2.37. The number of piperazine rings is 1. The first-order chi connectivity index (χ1) is 8.95. The second kappa shape index (κ2) is 6.57. The summed E-state index contributed by atoms with van der Waals surface area (Å²) in [6.45, 7) is 3.94. The lowest BCUT2D eigenvalue weighted by molar-refractivity contribution is 0.0617. The van der Waals surface area contributed by atoms with Crippen LogP contribution in [0.5, 0.6) is 0 Å². The number of halogens is 1. The van der Waals surface area contributed by atoms with Crippen molar-refractivity contribution in [3.8, 4) is 0 Å². The van der Waals surface area contributed by atoms with E-state index in [1.807, 2.05) is 6.92 Å². The highest BCUT2D eigenvalue weighted by atomic mass is 35.5. The fraction of sp³-hybridized carbons (Fsp3) is 0.545. The second-order valence-corrected chi connectivity index (χ2v) is 6.20. The quantitative estimate of drug-likeness (QED) is 0.819. The maximum atomic E-state index is 12.2. The lowest BCUT2D eigenvalue weighted by atomic mass is 10.2. The van der Waals surface area contributed by atoms with Crippen molar-refractivity contribution < 1.29 is 17.6 Å².